The fraction of sp³-hybridized carbons (Fsp3) is 0.800. The van der Waals surface area contributed by atoms with Gasteiger partial charge in [0.25, 0.3) is 0 Å². The van der Waals surface area contributed by atoms with Gasteiger partial charge in [-0.1, -0.05) is 0 Å². The summed E-state index contributed by atoms with van der Waals surface area (Å²) in [4.78, 5) is 2.24. The van der Waals surface area contributed by atoms with E-state index in [4.69, 9.17) is 4.74 Å². The van der Waals surface area contributed by atoms with Crippen LogP contribution in [0.2, 0.25) is 0 Å². The molecule has 0 spiro atoms. The topological polar surface area (TPSA) is 42.3 Å². The second-order valence-electron chi connectivity index (χ2n) is 6.53. The van der Waals surface area contributed by atoms with E-state index >= 15 is 0 Å². The van der Waals surface area contributed by atoms with Gasteiger partial charge in [0, 0.05) is 38.9 Å². The summed E-state index contributed by atoms with van der Waals surface area (Å²) < 4.78 is 7.22. The van der Waals surface area contributed by atoms with Crippen LogP contribution in [0.25, 0.3) is 0 Å². The molecule has 0 aliphatic rings. The highest BCUT2D eigenvalue weighted by molar-refractivity contribution is 5.50. The average molecular weight is 282 g/mol. The Morgan fingerprint density at radius 1 is 1.40 bits per heavy atom. The molecule has 5 nitrogen and oxygen atoms in total. The largest absolute Gasteiger partial charge is 0.383 e. The fourth-order valence-corrected chi connectivity index (χ4v) is 2.25. The van der Waals surface area contributed by atoms with Crippen molar-refractivity contribution in [3.05, 3.63) is 11.3 Å². The van der Waals surface area contributed by atoms with Gasteiger partial charge >= 0.3 is 0 Å². The molecule has 1 aromatic rings. The third-order valence-electron chi connectivity index (χ3n) is 3.51. The second-order valence-corrected chi connectivity index (χ2v) is 6.53. The van der Waals surface area contributed by atoms with Crippen molar-refractivity contribution in [2.24, 2.45) is 7.05 Å². The molecule has 116 valence electrons. The Morgan fingerprint density at radius 3 is 2.50 bits per heavy atom. The number of rotatable bonds is 6. The minimum atomic E-state index is 0.0935. The molecule has 0 radical (unpaired) electrons. The molecule has 5 heteroatoms. The van der Waals surface area contributed by atoms with Gasteiger partial charge in [0.15, 0.2) is 0 Å². The van der Waals surface area contributed by atoms with Crippen molar-refractivity contribution in [2.75, 3.05) is 25.7 Å². The van der Waals surface area contributed by atoms with E-state index in [-0.39, 0.29) is 5.54 Å². The number of nitrogens with one attached hydrogen (secondary N) is 1. The first-order valence-corrected chi connectivity index (χ1v) is 7.16. The summed E-state index contributed by atoms with van der Waals surface area (Å²) in [7, 11) is 5.83. The van der Waals surface area contributed by atoms with Gasteiger partial charge in [0.05, 0.1) is 18.3 Å². The molecular formula is C15H30N4O. The standard InChI is InChI=1S/C15H30N4O/c1-11(10-20-8)18(6)14-13(9-16-15(3,4)5)12(2)17-19(14)7/h11,16H,9-10H2,1-8H3. The molecular weight excluding hydrogens is 252 g/mol. The highest BCUT2D eigenvalue weighted by Crippen LogP contribution is 2.24. The van der Waals surface area contributed by atoms with E-state index in [1.807, 2.05) is 11.7 Å². The molecule has 0 aromatic carbocycles. The number of aromatic nitrogens is 2. The normalized spacial score (nSPS) is 13.6. The van der Waals surface area contributed by atoms with Crippen LogP contribution in [-0.2, 0) is 18.3 Å². The minimum Gasteiger partial charge on any atom is -0.383 e. The van der Waals surface area contributed by atoms with E-state index < -0.39 is 0 Å². The number of aryl methyl sites for hydroxylation is 2. The maximum Gasteiger partial charge on any atom is 0.131 e. The number of nitrogens with zero attached hydrogens (tertiary/aromatic N) is 3. The number of hydrogen-bond donors (Lipinski definition) is 1. The van der Waals surface area contributed by atoms with Gasteiger partial charge in [-0.05, 0) is 34.6 Å². The predicted molar refractivity (Wildman–Crippen MR) is 84.3 cm³/mol. The molecule has 1 heterocycles. The first-order valence-electron chi connectivity index (χ1n) is 7.16. The lowest BCUT2D eigenvalue weighted by Gasteiger charge is -2.28. The van der Waals surface area contributed by atoms with Gasteiger partial charge in [-0.3, -0.25) is 4.68 Å². The van der Waals surface area contributed by atoms with Crippen molar-refractivity contribution >= 4 is 5.82 Å². The summed E-state index contributed by atoms with van der Waals surface area (Å²) in [5.74, 6) is 1.16. The van der Waals surface area contributed by atoms with E-state index in [0.717, 1.165) is 18.1 Å². The van der Waals surface area contributed by atoms with Crippen LogP contribution in [0.4, 0.5) is 5.82 Å². The van der Waals surface area contributed by atoms with Crippen molar-refractivity contribution in [1.29, 1.82) is 0 Å². The van der Waals surface area contributed by atoms with Crippen molar-refractivity contribution in [2.45, 2.75) is 52.7 Å². The molecule has 0 bridgehead atoms. The first-order chi connectivity index (χ1) is 9.17. The maximum absolute atomic E-state index is 5.26. The van der Waals surface area contributed by atoms with Gasteiger partial charge < -0.3 is 15.0 Å². The summed E-state index contributed by atoms with van der Waals surface area (Å²) in [6.07, 6.45) is 0. The molecule has 0 saturated heterocycles. The number of likely N-dealkylation sites (N-methyl/N-ethyl adjacent to an activating group) is 1. The van der Waals surface area contributed by atoms with E-state index in [1.54, 1.807) is 7.11 Å². The van der Waals surface area contributed by atoms with Crippen LogP contribution in [0.3, 0.4) is 0 Å². The molecule has 1 rings (SSSR count). The highest BCUT2D eigenvalue weighted by atomic mass is 16.5. The number of methoxy groups -OCH3 is 1. The zero-order valence-electron chi connectivity index (χ0n) is 14.2. The average Bonchev–Trinajstić information content (AvgIpc) is 2.59. The monoisotopic (exact) mass is 282 g/mol. The third-order valence-corrected chi connectivity index (χ3v) is 3.51. The van der Waals surface area contributed by atoms with Crippen LogP contribution in [0, 0.1) is 6.92 Å². The van der Waals surface area contributed by atoms with Crippen molar-refractivity contribution in [3.8, 4) is 0 Å². The second kappa shape index (κ2) is 6.59. The van der Waals surface area contributed by atoms with Gasteiger partial charge in [0.2, 0.25) is 0 Å². The van der Waals surface area contributed by atoms with Gasteiger partial charge in [-0.2, -0.15) is 5.10 Å². The summed E-state index contributed by atoms with van der Waals surface area (Å²) in [5.41, 5.74) is 2.43. The Kier molecular flexibility index (Phi) is 5.59. The Hall–Kier alpha value is -1.07. The lowest BCUT2D eigenvalue weighted by molar-refractivity contribution is 0.183. The fourth-order valence-electron chi connectivity index (χ4n) is 2.25. The number of anilines is 1. The van der Waals surface area contributed by atoms with Crippen LogP contribution in [-0.4, -0.2) is 42.1 Å². The van der Waals surface area contributed by atoms with Crippen LogP contribution in [0.15, 0.2) is 0 Å². The molecule has 1 atom stereocenters. The molecule has 1 N–H and O–H groups in total. The zero-order valence-corrected chi connectivity index (χ0v) is 14.2. The summed E-state index contributed by atoms with van der Waals surface area (Å²) >= 11 is 0. The van der Waals surface area contributed by atoms with E-state index in [9.17, 15) is 0 Å². The molecule has 20 heavy (non-hydrogen) atoms. The van der Waals surface area contributed by atoms with Crippen LogP contribution in [0.1, 0.15) is 39.0 Å². The van der Waals surface area contributed by atoms with Crippen molar-refractivity contribution < 1.29 is 4.74 Å². The SMILES string of the molecule is COCC(C)N(C)c1c(CNC(C)(C)C)c(C)nn1C. The Balaban J connectivity index is 3.00. The van der Waals surface area contributed by atoms with Crippen LogP contribution in [0.5, 0.6) is 0 Å². The van der Waals surface area contributed by atoms with E-state index in [0.29, 0.717) is 12.6 Å². The molecule has 0 aliphatic heterocycles. The smallest absolute Gasteiger partial charge is 0.131 e. The third kappa shape index (κ3) is 4.21. The predicted octanol–water partition coefficient (Wildman–Crippen LogP) is 2.09. The summed E-state index contributed by atoms with van der Waals surface area (Å²) in [5, 5.41) is 8.12. The quantitative estimate of drug-likeness (QED) is 0.867. The highest BCUT2D eigenvalue weighted by Gasteiger charge is 2.21. The number of ether oxygens (including phenoxy) is 1. The zero-order chi connectivity index (χ0) is 15.5. The Bertz CT molecular complexity index is 434. The van der Waals surface area contributed by atoms with E-state index in [1.165, 1.54) is 5.56 Å². The molecule has 0 amide bonds. The van der Waals surface area contributed by atoms with Crippen molar-refractivity contribution in [1.82, 2.24) is 15.1 Å². The van der Waals surface area contributed by atoms with Gasteiger partial charge in [0.1, 0.15) is 5.82 Å². The van der Waals surface area contributed by atoms with Gasteiger partial charge in [-0.15, -0.1) is 0 Å². The molecule has 0 aliphatic carbocycles. The minimum absolute atomic E-state index is 0.0935. The lowest BCUT2D eigenvalue weighted by atomic mass is 10.1. The maximum atomic E-state index is 5.26. The summed E-state index contributed by atoms with van der Waals surface area (Å²) in [6, 6.07) is 0.309. The van der Waals surface area contributed by atoms with Crippen LogP contribution < -0.4 is 10.2 Å². The molecule has 0 saturated carbocycles. The number of hydrogen-bond acceptors (Lipinski definition) is 4. The molecule has 1 unspecified atom stereocenters. The first kappa shape index (κ1) is 17.0. The Morgan fingerprint density at radius 2 is 2.00 bits per heavy atom. The van der Waals surface area contributed by atoms with Crippen molar-refractivity contribution in [3.63, 3.8) is 0 Å². The molecule has 0 fully saturated rings. The van der Waals surface area contributed by atoms with E-state index in [2.05, 4.69) is 57.0 Å². The Labute approximate surface area is 123 Å². The lowest BCUT2D eigenvalue weighted by Crippen LogP contribution is -2.37. The molecule has 1 aromatic heterocycles. The van der Waals surface area contributed by atoms with Crippen LogP contribution >= 0.6 is 0 Å². The van der Waals surface area contributed by atoms with Gasteiger partial charge in [-0.25, -0.2) is 0 Å². The summed E-state index contributed by atoms with van der Waals surface area (Å²) in [6.45, 7) is 12.3.